The van der Waals surface area contributed by atoms with Crippen molar-refractivity contribution in [2.24, 2.45) is 5.92 Å². The summed E-state index contributed by atoms with van der Waals surface area (Å²) in [5.41, 5.74) is 0. The molecule has 70 valence electrons. The largest absolute Gasteiger partial charge is 0.389 e. The number of hydrogen-bond donors (Lipinski definition) is 2. The SMILES string of the molecule is O=C1N[C@@H](O)C[C@@H]1CC(F)(F)F. The van der Waals surface area contributed by atoms with Crippen LogP contribution in [-0.2, 0) is 4.79 Å². The molecule has 2 N–H and O–H groups in total. The summed E-state index contributed by atoms with van der Waals surface area (Å²) in [5.74, 6) is -1.85. The van der Waals surface area contributed by atoms with E-state index in [0.29, 0.717) is 0 Å². The summed E-state index contributed by atoms with van der Waals surface area (Å²) in [5, 5.41) is 10.8. The highest BCUT2D eigenvalue weighted by molar-refractivity contribution is 5.80. The van der Waals surface area contributed by atoms with Crippen LogP contribution in [0.15, 0.2) is 0 Å². The second kappa shape index (κ2) is 2.93. The average Bonchev–Trinajstić information content (AvgIpc) is 2.06. The highest BCUT2D eigenvalue weighted by atomic mass is 19.4. The van der Waals surface area contributed by atoms with E-state index < -0.39 is 30.7 Å². The maximum Gasteiger partial charge on any atom is 0.389 e. The van der Waals surface area contributed by atoms with Crippen LogP contribution < -0.4 is 5.32 Å². The van der Waals surface area contributed by atoms with E-state index >= 15 is 0 Å². The third-order valence-electron chi connectivity index (χ3n) is 1.67. The predicted octanol–water partition coefficient (Wildman–Crippen LogP) is 0.393. The molecule has 1 heterocycles. The molecule has 1 saturated heterocycles. The Balaban J connectivity index is 2.49. The third kappa shape index (κ3) is 2.37. The van der Waals surface area contributed by atoms with Gasteiger partial charge in [0.25, 0.3) is 0 Å². The minimum Gasteiger partial charge on any atom is -0.374 e. The van der Waals surface area contributed by atoms with Gasteiger partial charge >= 0.3 is 6.18 Å². The molecule has 1 aliphatic heterocycles. The van der Waals surface area contributed by atoms with Gasteiger partial charge in [0, 0.05) is 6.42 Å². The lowest BCUT2D eigenvalue weighted by molar-refractivity contribution is -0.151. The fourth-order valence-corrected chi connectivity index (χ4v) is 1.17. The molecule has 0 aromatic rings. The monoisotopic (exact) mass is 183 g/mol. The Morgan fingerprint density at radius 2 is 2.17 bits per heavy atom. The van der Waals surface area contributed by atoms with Gasteiger partial charge in [0.15, 0.2) is 0 Å². The first-order chi connectivity index (χ1) is 5.38. The van der Waals surface area contributed by atoms with Gasteiger partial charge in [-0.3, -0.25) is 4.79 Å². The molecular formula is C6H8F3NO2. The van der Waals surface area contributed by atoms with E-state index in [-0.39, 0.29) is 6.42 Å². The number of aliphatic hydroxyl groups excluding tert-OH is 1. The number of halogens is 3. The second-order valence-electron chi connectivity index (χ2n) is 2.78. The lowest BCUT2D eigenvalue weighted by Crippen LogP contribution is -2.27. The third-order valence-corrected chi connectivity index (χ3v) is 1.67. The molecule has 0 spiro atoms. The van der Waals surface area contributed by atoms with Crippen LogP contribution in [0.25, 0.3) is 0 Å². The minimum atomic E-state index is -4.34. The number of rotatable bonds is 1. The van der Waals surface area contributed by atoms with Gasteiger partial charge in [-0.25, -0.2) is 0 Å². The molecule has 0 radical (unpaired) electrons. The van der Waals surface area contributed by atoms with Gasteiger partial charge in [0.2, 0.25) is 5.91 Å². The van der Waals surface area contributed by atoms with Crippen LogP contribution in [-0.4, -0.2) is 23.4 Å². The molecule has 1 amide bonds. The van der Waals surface area contributed by atoms with Crippen LogP contribution in [0.5, 0.6) is 0 Å². The van der Waals surface area contributed by atoms with Crippen molar-refractivity contribution in [2.75, 3.05) is 0 Å². The van der Waals surface area contributed by atoms with Crippen molar-refractivity contribution in [3.63, 3.8) is 0 Å². The summed E-state index contributed by atoms with van der Waals surface area (Å²) in [7, 11) is 0. The number of carbonyl (C=O) groups excluding carboxylic acids is 1. The molecule has 0 aromatic heterocycles. The summed E-state index contributed by atoms with van der Waals surface area (Å²) >= 11 is 0. The first kappa shape index (κ1) is 9.31. The topological polar surface area (TPSA) is 49.3 Å². The molecule has 1 aliphatic rings. The molecule has 1 rings (SSSR count). The Morgan fingerprint density at radius 1 is 1.58 bits per heavy atom. The van der Waals surface area contributed by atoms with Gasteiger partial charge in [-0.1, -0.05) is 0 Å². The lowest BCUT2D eigenvalue weighted by Gasteiger charge is -2.09. The normalized spacial score (nSPS) is 30.5. The Labute approximate surface area is 66.6 Å². The van der Waals surface area contributed by atoms with Gasteiger partial charge < -0.3 is 10.4 Å². The van der Waals surface area contributed by atoms with Crippen molar-refractivity contribution in [3.05, 3.63) is 0 Å². The van der Waals surface area contributed by atoms with Crippen molar-refractivity contribution >= 4 is 5.91 Å². The smallest absolute Gasteiger partial charge is 0.374 e. The van der Waals surface area contributed by atoms with E-state index in [1.165, 1.54) is 0 Å². The fourth-order valence-electron chi connectivity index (χ4n) is 1.17. The number of nitrogens with one attached hydrogen (secondary N) is 1. The van der Waals surface area contributed by atoms with Gasteiger partial charge in [-0.05, 0) is 0 Å². The summed E-state index contributed by atoms with van der Waals surface area (Å²) in [6, 6.07) is 0. The molecule has 3 nitrogen and oxygen atoms in total. The molecule has 0 aromatic carbocycles. The van der Waals surface area contributed by atoms with E-state index in [9.17, 15) is 18.0 Å². The van der Waals surface area contributed by atoms with Gasteiger partial charge in [-0.2, -0.15) is 13.2 Å². The van der Waals surface area contributed by atoms with Gasteiger partial charge in [0.1, 0.15) is 6.23 Å². The van der Waals surface area contributed by atoms with Crippen molar-refractivity contribution < 1.29 is 23.1 Å². The highest BCUT2D eigenvalue weighted by Crippen LogP contribution is 2.29. The number of hydrogen-bond acceptors (Lipinski definition) is 2. The van der Waals surface area contributed by atoms with Crippen molar-refractivity contribution in [1.29, 1.82) is 0 Å². The van der Waals surface area contributed by atoms with Crippen molar-refractivity contribution in [2.45, 2.75) is 25.2 Å². The predicted molar refractivity (Wildman–Crippen MR) is 32.9 cm³/mol. The summed E-state index contributed by atoms with van der Waals surface area (Å²) in [4.78, 5) is 10.7. The van der Waals surface area contributed by atoms with Crippen LogP contribution in [0.1, 0.15) is 12.8 Å². The maximum atomic E-state index is 11.7. The minimum absolute atomic E-state index is 0.154. The standard InChI is InChI=1S/C6H8F3NO2/c7-6(8,9)2-3-1-4(11)10-5(3)12/h3-4,11H,1-2H2,(H,10,12)/t3-,4+/m1/s1. The molecular weight excluding hydrogens is 175 g/mol. The van der Waals surface area contributed by atoms with Crippen LogP contribution in [0.2, 0.25) is 0 Å². The van der Waals surface area contributed by atoms with Crippen LogP contribution in [0, 0.1) is 5.92 Å². The Kier molecular flexibility index (Phi) is 2.27. The summed E-state index contributed by atoms with van der Waals surface area (Å²) in [6.07, 6.45) is -6.77. The second-order valence-corrected chi connectivity index (χ2v) is 2.78. The fraction of sp³-hybridized carbons (Fsp3) is 0.833. The summed E-state index contributed by atoms with van der Waals surface area (Å²) in [6.45, 7) is 0. The average molecular weight is 183 g/mol. The highest BCUT2D eigenvalue weighted by Gasteiger charge is 2.40. The molecule has 0 saturated carbocycles. The maximum absolute atomic E-state index is 11.7. The Hall–Kier alpha value is -0.780. The van der Waals surface area contributed by atoms with Crippen LogP contribution in [0.3, 0.4) is 0 Å². The molecule has 1 fully saturated rings. The zero-order chi connectivity index (χ0) is 9.35. The van der Waals surface area contributed by atoms with E-state index in [0.717, 1.165) is 0 Å². The van der Waals surface area contributed by atoms with Crippen molar-refractivity contribution in [3.8, 4) is 0 Å². The molecule has 6 heteroatoms. The Morgan fingerprint density at radius 3 is 2.50 bits per heavy atom. The van der Waals surface area contributed by atoms with Gasteiger partial charge in [0.05, 0.1) is 12.3 Å². The quantitative estimate of drug-likeness (QED) is 0.618. The molecule has 0 aliphatic carbocycles. The zero-order valence-electron chi connectivity index (χ0n) is 6.06. The van der Waals surface area contributed by atoms with E-state index in [1.54, 1.807) is 0 Å². The van der Waals surface area contributed by atoms with E-state index in [2.05, 4.69) is 0 Å². The van der Waals surface area contributed by atoms with Crippen LogP contribution in [0.4, 0.5) is 13.2 Å². The molecule has 0 unspecified atom stereocenters. The number of carbonyl (C=O) groups is 1. The lowest BCUT2D eigenvalue weighted by atomic mass is 10.0. The van der Waals surface area contributed by atoms with E-state index in [4.69, 9.17) is 5.11 Å². The number of aliphatic hydroxyl groups is 1. The number of alkyl halides is 3. The van der Waals surface area contributed by atoms with Gasteiger partial charge in [-0.15, -0.1) is 0 Å². The van der Waals surface area contributed by atoms with Crippen LogP contribution >= 0.6 is 0 Å². The molecule has 0 bridgehead atoms. The van der Waals surface area contributed by atoms with E-state index in [1.807, 2.05) is 5.32 Å². The Bertz CT molecular complexity index is 192. The molecule has 2 atom stereocenters. The molecule has 12 heavy (non-hydrogen) atoms. The zero-order valence-corrected chi connectivity index (χ0v) is 6.06. The first-order valence-electron chi connectivity index (χ1n) is 3.43. The van der Waals surface area contributed by atoms with Crippen molar-refractivity contribution in [1.82, 2.24) is 5.32 Å². The summed E-state index contributed by atoms with van der Waals surface area (Å²) < 4.78 is 35.2. The number of amides is 1. The first-order valence-corrected chi connectivity index (χ1v) is 3.43.